The molecule has 32 heavy (non-hydrogen) atoms. The zero-order valence-electron chi connectivity index (χ0n) is 17.8. The van der Waals surface area contributed by atoms with Gasteiger partial charge in [0.1, 0.15) is 17.2 Å². The van der Waals surface area contributed by atoms with Crippen LogP contribution in [-0.4, -0.2) is 34.7 Å². The van der Waals surface area contributed by atoms with Crippen molar-refractivity contribution in [3.8, 4) is 11.3 Å². The quantitative estimate of drug-likeness (QED) is 0.320. The Bertz CT molecular complexity index is 1130. The van der Waals surface area contributed by atoms with Crippen molar-refractivity contribution in [1.29, 1.82) is 0 Å². The molecule has 0 aliphatic heterocycles. The van der Waals surface area contributed by atoms with E-state index < -0.39 is 10.8 Å². The van der Waals surface area contributed by atoms with Gasteiger partial charge >= 0.3 is 0 Å². The minimum atomic E-state index is -0.472. The second-order valence-corrected chi connectivity index (χ2v) is 6.86. The van der Waals surface area contributed by atoms with Crippen molar-refractivity contribution in [1.82, 2.24) is 10.2 Å². The zero-order valence-corrected chi connectivity index (χ0v) is 17.8. The lowest BCUT2D eigenvalue weighted by Gasteiger charge is -2.20. The Morgan fingerprint density at radius 1 is 1.00 bits per heavy atom. The molecule has 1 heterocycles. The molecule has 0 aliphatic carbocycles. The summed E-state index contributed by atoms with van der Waals surface area (Å²) in [5.74, 6) is 0.115. The highest BCUT2D eigenvalue weighted by molar-refractivity contribution is 6.05. The van der Waals surface area contributed by atoms with Crippen LogP contribution >= 0.6 is 0 Å². The first kappa shape index (κ1) is 22.5. The van der Waals surface area contributed by atoms with E-state index in [1.54, 1.807) is 59.5 Å². The number of likely N-dealkylation sites (N-methyl/N-ethyl adjacent to an activating group) is 1. The van der Waals surface area contributed by atoms with E-state index in [0.717, 1.165) is 0 Å². The van der Waals surface area contributed by atoms with Crippen LogP contribution in [0.4, 0.5) is 5.69 Å². The van der Waals surface area contributed by atoms with Gasteiger partial charge in [-0.05, 0) is 50.2 Å². The molecule has 3 rings (SSSR count). The predicted molar refractivity (Wildman–Crippen MR) is 121 cm³/mol. The van der Waals surface area contributed by atoms with Crippen LogP contribution in [0, 0.1) is 10.1 Å². The lowest BCUT2D eigenvalue weighted by Crippen LogP contribution is -2.38. The molecule has 2 aromatic carbocycles. The van der Waals surface area contributed by atoms with Crippen molar-refractivity contribution < 1.29 is 18.9 Å². The highest BCUT2D eigenvalue weighted by Crippen LogP contribution is 2.25. The van der Waals surface area contributed by atoms with Gasteiger partial charge in [-0.1, -0.05) is 18.2 Å². The molecule has 1 N–H and O–H groups in total. The molecule has 0 bridgehead atoms. The first-order chi connectivity index (χ1) is 15.4. The number of non-ortho nitro benzene ring substituents is 1. The average molecular weight is 433 g/mol. The van der Waals surface area contributed by atoms with Gasteiger partial charge in [0, 0.05) is 42.4 Å². The maximum Gasteiger partial charge on any atom is 0.270 e. The summed E-state index contributed by atoms with van der Waals surface area (Å²) in [4.78, 5) is 37.6. The van der Waals surface area contributed by atoms with E-state index in [0.29, 0.717) is 35.7 Å². The SMILES string of the molecule is CCN(CC)C(=O)C(=Cc1ccc(-c2ccc([N+](=O)[O-])cc2)o1)NC(=O)c1ccccc1. The van der Waals surface area contributed by atoms with Gasteiger partial charge in [-0.3, -0.25) is 19.7 Å². The molecule has 3 aromatic rings. The molecule has 0 fully saturated rings. The van der Waals surface area contributed by atoms with E-state index in [1.165, 1.54) is 18.2 Å². The maximum absolute atomic E-state index is 13.0. The Kier molecular flexibility index (Phi) is 7.17. The van der Waals surface area contributed by atoms with Crippen molar-refractivity contribution in [2.75, 3.05) is 13.1 Å². The summed E-state index contributed by atoms with van der Waals surface area (Å²) >= 11 is 0. The third kappa shape index (κ3) is 5.28. The van der Waals surface area contributed by atoms with Crippen LogP contribution in [-0.2, 0) is 4.79 Å². The number of nitro groups is 1. The summed E-state index contributed by atoms with van der Waals surface area (Å²) < 4.78 is 5.82. The third-order valence-electron chi connectivity index (χ3n) is 4.84. The molecule has 0 unspecified atom stereocenters. The molecule has 1 aromatic heterocycles. The first-order valence-electron chi connectivity index (χ1n) is 10.1. The average Bonchev–Trinajstić information content (AvgIpc) is 3.28. The number of carbonyl (C=O) groups is 2. The van der Waals surface area contributed by atoms with Crippen LogP contribution < -0.4 is 5.32 Å². The van der Waals surface area contributed by atoms with Crippen LogP contribution in [0.3, 0.4) is 0 Å². The van der Waals surface area contributed by atoms with Crippen LogP contribution in [0.15, 0.2) is 76.8 Å². The second-order valence-electron chi connectivity index (χ2n) is 6.86. The number of rotatable bonds is 8. The summed E-state index contributed by atoms with van der Waals surface area (Å²) in [6.07, 6.45) is 1.48. The molecular formula is C24H23N3O5. The zero-order chi connectivity index (χ0) is 23.1. The van der Waals surface area contributed by atoms with Crippen molar-refractivity contribution in [3.05, 3.63) is 93.9 Å². The van der Waals surface area contributed by atoms with E-state index in [4.69, 9.17) is 4.42 Å². The number of nitrogens with zero attached hydrogens (tertiary/aromatic N) is 2. The fraction of sp³-hybridized carbons (Fsp3) is 0.167. The molecule has 0 atom stereocenters. The summed E-state index contributed by atoms with van der Waals surface area (Å²) in [7, 11) is 0. The van der Waals surface area contributed by atoms with Gasteiger partial charge in [0.15, 0.2) is 0 Å². The number of nitrogens with one attached hydrogen (secondary N) is 1. The lowest BCUT2D eigenvalue weighted by atomic mass is 10.1. The minimum Gasteiger partial charge on any atom is -0.457 e. The van der Waals surface area contributed by atoms with Crippen molar-refractivity contribution >= 4 is 23.6 Å². The topological polar surface area (TPSA) is 106 Å². The predicted octanol–water partition coefficient (Wildman–Crippen LogP) is 4.49. The number of hydrogen-bond donors (Lipinski definition) is 1. The minimum absolute atomic E-state index is 0.0174. The fourth-order valence-electron chi connectivity index (χ4n) is 3.09. The maximum atomic E-state index is 13.0. The van der Waals surface area contributed by atoms with E-state index in [1.807, 2.05) is 13.8 Å². The van der Waals surface area contributed by atoms with E-state index >= 15 is 0 Å². The number of amides is 2. The van der Waals surface area contributed by atoms with Crippen molar-refractivity contribution in [3.63, 3.8) is 0 Å². The molecule has 0 saturated carbocycles. The summed E-state index contributed by atoms with van der Waals surface area (Å²) in [5, 5.41) is 13.5. The summed E-state index contributed by atoms with van der Waals surface area (Å²) in [6, 6.07) is 17.9. The molecule has 0 spiro atoms. The summed E-state index contributed by atoms with van der Waals surface area (Å²) in [5.41, 5.74) is 1.15. The Balaban J connectivity index is 1.90. The number of benzene rings is 2. The molecule has 2 amide bonds. The van der Waals surface area contributed by atoms with Crippen molar-refractivity contribution in [2.45, 2.75) is 13.8 Å². The lowest BCUT2D eigenvalue weighted by molar-refractivity contribution is -0.384. The van der Waals surface area contributed by atoms with E-state index in [-0.39, 0.29) is 17.3 Å². The normalized spacial score (nSPS) is 11.1. The Morgan fingerprint density at radius 3 is 2.25 bits per heavy atom. The van der Waals surface area contributed by atoms with Gasteiger partial charge < -0.3 is 14.6 Å². The number of hydrogen-bond acceptors (Lipinski definition) is 5. The van der Waals surface area contributed by atoms with Crippen LogP contribution in [0.2, 0.25) is 0 Å². The number of nitro benzene ring substituents is 1. The highest BCUT2D eigenvalue weighted by atomic mass is 16.6. The molecular weight excluding hydrogens is 410 g/mol. The number of furan rings is 1. The Hall–Kier alpha value is -4.20. The van der Waals surface area contributed by atoms with Crippen LogP contribution in [0.5, 0.6) is 0 Å². The smallest absolute Gasteiger partial charge is 0.270 e. The standard InChI is InChI=1S/C24H23N3O5/c1-3-26(4-2)24(29)21(25-23(28)18-8-6-5-7-9-18)16-20-14-15-22(32-20)17-10-12-19(13-11-17)27(30)31/h5-16H,3-4H2,1-2H3,(H,25,28). The van der Waals surface area contributed by atoms with Gasteiger partial charge in [0.25, 0.3) is 17.5 Å². The molecule has 164 valence electrons. The highest BCUT2D eigenvalue weighted by Gasteiger charge is 2.19. The monoisotopic (exact) mass is 433 g/mol. The van der Waals surface area contributed by atoms with Gasteiger partial charge in [-0.15, -0.1) is 0 Å². The third-order valence-corrected chi connectivity index (χ3v) is 4.84. The van der Waals surface area contributed by atoms with Gasteiger partial charge in [0.2, 0.25) is 0 Å². The molecule has 0 aliphatic rings. The van der Waals surface area contributed by atoms with E-state index in [9.17, 15) is 19.7 Å². The summed E-state index contributed by atoms with van der Waals surface area (Å²) in [6.45, 7) is 4.69. The first-order valence-corrected chi connectivity index (χ1v) is 10.1. The van der Waals surface area contributed by atoms with Gasteiger partial charge in [0.05, 0.1) is 4.92 Å². The van der Waals surface area contributed by atoms with Crippen LogP contribution in [0.25, 0.3) is 17.4 Å². The second kappa shape index (κ2) is 10.2. The fourth-order valence-corrected chi connectivity index (χ4v) is 3.09. The van der Waals surface area contributed by atoms with Gasteiger partial charge in [-0.2, -0.15) is 0 Å². The Morgan fingerprint density at radius 2 is 1.66 bits per heavy atom. The molecule has 8 heteroatoms. The van der Waals surface area contributed by atoms with E-state index in [2.05, 4.69) is 5.32 Å². The van der Waals surface area contributed by atoms with Gasteiger partial charge in [-0.25, -0.2) is 0 Å². The molecule has 0 saturated heterocycles. The molecule has 0 radical (unpaired) electrons. The Labute approximate surface area is 185 Å². The molecule has 8 nitrogen and oxygen atoms in total. The van der Waals surface area contributed by atoms with Crippen molar-refractivity contribution in [2.24, 2.45) is 0 Å². The number of carbonyl (C=O) groups excluding carboxylic acids is 2. The van der Waals surface area contributed by atoms with Crippen LogP contribution in [0.1, 0.15) is 30.0 Å². The largest absolute Gasteiger partial charge is 0.457 e.